The van der Waals surface area contributed by atoms with Gasteiger partial charge in [0.25, 0.3) is 0 Å². The van der Waals surface area contributed by atoms with Crippen LogP contribution in [0.4, 0.5) is 0 Å². The summed E-state index contributed by atoms with van der Waals surface area (Å²) in [6.45, 7) is 5.67. The molecule has 3 aromatic rings. The Morgan fingerprint density at radius 3 is 2.62 bits per heavy atom. The summed E-state index contributed by atoms with van der Waals surface area (Å²) in [5.41, 5.74) is 1.52. The Kier molecular flexibility index (Phi) is 6.58. The largest absolute Gasteiger partial charge is 0.351 e. The van der Waals surface area contributed by atoms with Gasteiger partial charge in [-0.3, -0.25) is 4.79 Å². The lowest BCUT2D eigenvalue weighted by Gasteiger charge is -2.22. The zero-order valence-corrected chi connectivity index (χ0v) is 18.7. The lowest BCUT2D eigenvalue weighted by Crippen LogP contribution is -2.49. The van der Waals surface area contributed by atoms with E-state index in [2.05, 4.69) is 15.0 Å². The van der Waals surface area contributed by atoms with Crippen molar-refractivity contribution in [1.82, 2.24) is 15.0 Å². The number of hydrogen-bond acceptors (Lipinski definition) is 5. The second kappa shape index (κ2) is 8.79. The summed E-state index contributed by atoms with van der Waals surface area (Å²) in [5.74, 6) is -0.649. The summed E-state index contributed by atoms with van der Waals surface area (Å²) < 4.78 is 29.1. The number of rotatable bonds is 7. The number of carbonyl (C=O) groups is 1. The first-order chi connectivity index (χ1) is 13.7. The number of nitrogens with one attached hydrogen (secondary N) is 2. The van der Waals surface area contributed by atoms with E-state index in [-0.39, 0.29) is 17.4 Å². The van der Waals surface area contributed by atoms with Gasteiger partial charge in [-0.05, 0) is 42.7 Å². The highest BCUT2D eigenvalue weighted by atomic mass is 35.5. The van der Waals surface area contributed by atoms with Crippen molar-refractivity contribution in [1.29, 1.82) is 0 Å². The summed E-state index contributed by atoms with van der Waals surface area (Å²) in [6.07, 6.45) is 0. The van der Waals surface area contributed by atoms with Gasteiger partial charge in [0.1, 0.15) is 6.04 Å². The van der Waals surface area contributed by atoms with Gasteiger partial charge in [0.05, 0.1) is 20.1 Å². The number of nitrogens with zero attached hydrogens (tertiary/aromatic N) is 1. The summed E-state index contributed by atoms with van der Waals surface area (Å²) in [7, 11) is -3.88. The normalized spacial score (nSPS) is 13.0. The van der Waals surface area contributed by atoms with Crippen molar-refractivity contribution in [2.75, 3.05) is 0 Å². The monoisotopic (exact) mass is 451 g/mol. The molecule has 0 fully saturated rings. The first kappa shape index (κ1) is 21.7. The van der Waals surface area contributed by atoms with Gasteiger partial charge >= 0.3 is 0 Å². The van der Waals surface area contributed by atoms with Gasteiger partial charge in [0.15, 0.2) is 0 Å². The van der Waals surface area contributed by atoms with Gasteiger partial charge in [-0.25, -0.2) is 13.4 Å². The molecular weight excluding hydrogens is 430 g/mol. The molecule has 0 saturated carbocycles. The van der Waals surface area contributed by atoms with E-state index >= 15 is 0 Å². The van der Waals surface area contributed by atoms with E-state index in [1.165, 1.54) is 17.4 Å². The molecule has 0 bridgehead atoms. The molecule has 0 aliphatic heterocycles. The third-order valence-corrected chi connectivity index (χ3v) is 7.16. The fourth-order valence-corrected chi connectivity index (χ4v) is 5.36. The number of carbonyl (C=O) groups excluding carboxylic acids is 1. The van der Waals surface area contributed by atoms with Crippen molar-refractivity contribution < 1.29 is 13.2 Å². The molecule has 29 heavy (non-hydrogen) atoms. The Hall–Kier alpha value is -2.00. The molecule has 9 heteroatoms. The van der Waals surface area contributed by atoms with Crippen LogP contribution in [0.3, 0.4) is 0 Å². The maximum atomic E-state index is 12.9. The van der Waals surface area contributed by atoms with E-state index in [0.29, 0.717) is 5.02 Å². The van der Waals surface area contributed by atoms with E-state index in [4.69, 9.17) is 11.6 Å². The average Bonchev–Trinajstić information content (AvgIpc) is 3.04. The maximum Gasteiger partial charge on any atom is 0.241 e. The van der Waals surface area contributed by atoms with Gasteiger partial charge in [-0.1, -0.05) is 43.6 Å². The number of sulfonamides is 1. The van der Waals surface area contributed by atoms with Crippen LogP contribution >= 0.6 is 22.9 Å². The molecule has 154 valence electrons. The fourth-order valence-electron chi connectivity index (χ4n) is 2.85. The molecule has 0 spiro atoms. The first-order valence-electron chi connectivity index (χ1n) is 9.08. The molecule has 0 aliphatic carbocycles. The third-order valence-electron chi connectivity index (χ3n) is 4.42. The van der Waals surface area contributed by atoms with Crippen molar-refractivity contribution in [3.05, 3.63) is 58.1 Å². The van der Waals surface area contributed by atoms with Crippen molar-refractivity contribution in [3.8, 4) is 0 Å². The smallest absolute Gasteiger partial charge is 0.241 e. The molecule has 0 saturated heterocycles. The first-order valence-corrected chi connectivity index (χ1v) is 11.8. The van der Waals surface area contributed by atoms with Crippen LogP contribution < -0.4 is 10.0 Å². The zero-order valence-electron chi connectivity index (χ0n) is 16.3. The van der Waals surface area contributed by atoms with Crippen LogP contribution in [0.1, 0.15) is 24.4 Å². The number of halogens is 1. The summed E-state index contributed by atoms with van der Waals surface area (Å²) in [4.78, 5) is 17.2. The molecule has 2 N–H and O–H groups in total. The minimum absolute atomic E-state index is 0.109. The number of fused-ring (bicyclic) bond motifs is 1. The van der Waals surface area contributed by atoms with Crippen LogP contribution in [0.2, 0.25) is 5.02 Å². The van der Waals surface area contributed by atoms with Crippen molar-refractivity contribution in [2.24, 2.45) is 5.92 Å². The molecule has 1 aromatic heterocycles. The Balaban J connectivity index is 1.77. The van der Waals surface area contributed by atoms with Crippen molar-refractivity contribution in [3.63, 3.8) is 0 Å². The molecular formula is C20H22ClN3O3S2. The predicted octanol–water partition coefficient (Wildman–Crippen LogP) is 3.88. The maximum absolute atomic E-state index is 12.9. The van der Waals surface area contributed by atoms with Crippen molar-refractivity contribution >= 4 is 49.1 Å². The Morgan fingerprint density at radius 2 is 1.93 bits per heavy atom. The van der Waals surface area contributed by atoms with Crippen LogP contribution in [0.5, 0.6) is 0 Å². The molecule has 0 radical (unpaired) electrons. The molecule has 1 unspecified atom stereocenters. The highest BCUT2D eigenvalue weighted by Gasteiger charge is 2.28. The molecule has 1 heterocycles. The Labute approximate surface area is 179 Å². The van der Waals surface area contributed by atoms with Crippen LogP contribution in [0.25, 0.3) is 10.2 Å². The average molecular weight is 452 g/mol. The van der Waals surface area contributed by atoms with E-state index in [1.807, 2.05) is 19.1 Å². The lowest BCUT2D eigenvalue weighted by atomic mass is 10.0. The Bertz CT molecular complexity index is 1140. The summed E-state index contributed by atoms with van der Waals surface area (Å²) >= 11 is 7.54. The van der Waals surface area contributed by atoms with Gasteiger partial charge in [-0.15, -0.1) is 11.3 Å². The quantitative estimate of drug-likeness (QED) is 0.570. The molecule has 1 atom stereocenters. The standard InChI is InChI=1S/C20H22ClN3O3S2/c1-12(2)19(20(25)22-11-14-6-4-5-7-16(14)21)24-29(26,27)15-8-9-17-18(10-15)28-13(3)23-17/h4-10,12,19,24H,11H2,1-3H3,(H,22,25). The zero-order chi connectivity index (χ0) is 21.2. The Morgan fingerprint density at radius 1 is 1.21 bits per heavy atom. The molecule has 0 aliphatic rings. The van der Waals surface area contributed by atoms with E-state index in [1.54, 1.807) is 38.1 Å². The van der Waals surface area contributed by atoms with Crippen LogP contribution in [0.15, 0.2) is 47.4 Å². The predicted molar refractivity (Wildman–Crippen MR) is 117 cm³/mol. The number of amides is 1. The summed E-state index contributed by atoms with van der Waals surface area (Å²) in [5, 5.41) is 4.18. The number of hydrogen-bond donors (Lipinski definition) is 2. The third kappa shape index (κ3) is 5.14. The second-order valence-corrected chi connectivity index (χ2v) is 10.4. The molecule has 1 amide bonds. The van der Waals surface area contributed by atoms with Crippen LogP contribution in [0, 0.1) is 12.8 Å². The number of thiazole rings is 1. The molecule has 2 aromatic carbocycles. The SMILES string of the molecule is Cc1nc2ccc(S(=O)(=O)NC(C(=O)NCc3ccccc3Cl)C(C)C)cc2s1. The highest BCUT2D eigenvalue weighted by molar-refractivity contribution is 7.89. The van der Waals surface area contributed by atoms with Gasteiger partial charge in [-0.2, -0.15) is 4.72 Å². The topological polar surface area (TPSA) is 88.2 Å². The highest BCUT2D eigenvalue weighted by Crippen LogP contribution is 2.25. The van der Waals surface area contributed by atoms with Gasteiger partial charge in [0.2, 0.25) is 15.9 Å². The number of benzene rings is 2. The van der Waals surface area contributed by atoms with E-state index in [0.717, 1.165) is 20.8 Å². The second-order valence-electron chi connectivity index (χ2n) is 7.01. The molecule has 6 nitrogen and oxygen atoms in total. The minimum atomic E-state index is -3.88. The number of aryl methyl sites for hydroxylation is 1. The van der Waals surface area contributed by atoms with Crippen LogP contribution in [-0.4, -0.2) is 25.4 Å². The minimum Gasteiger partial charge on any atom is -0.351 e. The van der Waals surface area contributed by atoms with E-state index < -0.39 is 22.0 Å². The number of aromatic nitrogens is 1. The van der Waals surface area contributed by atoms with E-state index in [9.17, 15) is 13.2 Å². The summed E-state index contributed by atoms with van der Waals surface area (Å²) in [6, 6.07) is 11.0. The fraction of sp³-hybridized carbons (Fsp3) is 0.300. The van der Waals surface area contributed by atoms with Crippen LogP contribution in [-0.2, 0) is 21.4 Å². The lowest BCUT2D eigenvalue weighted by molar-refractivity contribution is -0.123. The molecule has 3 rings (SSSR count). The van der Waals surface area contributed by atoms with Gasteiger partial charge in [0, 0.05) is 11.6 Å². The van der Waals surface area contributed by atoms with Crippen molar-refractivity contribution in [2.45, 2.75) is 38.3 Å². The van der Waals surface area contributed by atoms with Gasteiger partial charge < -0.3 is 5.32 Å².